The fourth-order valence-electron chi connectivity index (χ4n) is 2.87. The molecule has 0 amide bonds. The van der Waals surface area contributed by atoms with Crippen LogP contribution in [0.1, 0.15) is 50.2 Å². The lowest BCUT2D eigenvalue weighted by Gasteiger charge is -2.23. The van der Waals surface area contributed by atoms with Gasteiger partial charge in [-0.05, 0) is 43.0 Å². The normalized spacial score (nSPS) is 22.1. The van der Waals surface area contributed by atoms with Gasteiger partial charge < -0.3 is 15.0 Å². The summed E-state index contributed by atoms with van der Waals surface area (Å²) in [7, 11) is 0. The van der Waals surface area contributed by atoms with Gasteiger partial charge >= 0.3 is 0 Å². The minimum atomic E-state index is 0.291. The fraction of sp³-hybridized carbons (Fsp3) is 0.500. The minimum Gasteiger partial charge on any atom is -0.484 e. The van der Waals surface area contributed by atoms with Gasteiger partial charge in [-0.1, -0.05) is 24.9 Å². The number of ether oxygens (including phenoxy) is 1. The maximum atomic E-state index is 5.63. The number of nitrogen functional groups attached to an aromatic ring is 1. The first-order valence-electron chi connectivity index (χ1n) is 7.51. The Bertz CT molecular complexity index is 579. The first-order valence-corrected chi connectivity index (χ1v) is 7.51. The molecule has 1 fully saturated rings. The summed E-state index contributed by atoms with van der Waals surface area (Å²) in [4.78, 5) is 4.47. The van der Waals surface area contributed by atoms with Gasteiger partial charge in [-0.15, -0.1) is 0 Å². The SMILES string of the molecule is CC1CCCC(c2noc(COc3ccc(N)cc3)n2)C1. The van der Waals surface area contributed by atoms with E-state index in [9.17, 15) is 0 Å². The van der Waals surface area contributed by atoms with Crippen LogP contribution in [0.2, 0.25) is 0 Å². The van der Waals surface area contributed by atoms with Gasteiger partial charge in [0.05, 0.1) is 0 Å². The Morgan fingerprint density at radius 2 is 2.10 bits per heavy atom. The van der Waals surface area contributed by atoms with Crippen LogP contribution in [0.4, 0.5) is 5.69 Å². The van der Waals surface area contributed by atoms with Crippen molar-refractivity contribution in [1.29, 1.82) is 0 Å². The molecule has 1 heterocycles. The first kappa shape index (κ1) is 13.9. The lowest BCUT2D eigenvalue weighted by molar-refractivity contribution is 0.241. The van der Waals surface area contributed by atoms with E-state index in [4.69, 9.17) is 15.0 Å². The summed E-state index contributed by atoms with van der Waals surface area (Å²) in [6, 6.07) is 7.26. The maximum absolute atomic E-state index is 5.63. The smallest absolute Gasteiger partial charge is 0.264 e. The van der Waals surface area contributed by atoms with Crippen molar-refractivity contribution in [3.05, 3.63) is 36.0 Å². The molecule has 112 valence electrons. The molecule has 0 spiro atoms. The largest absolute Gasteiger partial charge is 0.484 e. The number of anilines is 1. The van der Waals surface area contributed by atoms with Crippen molar-refractivity contribution in [1.82, 2.24) is 10.1 Å². The van der Waals surface area contributed by atoms with Crippen LogP contribution in [0.5, 0.6) is 5.75 Å². The van der Waals surface area contributed by atoms with Crippen molar-refractivity contribution in [2.45, 2.75) is 45.1 Å². The van der Waals surface area contributed by atoms with E-state index in [0.29, 0.717) is 24.1 Å². The molecule has 5 heteroatoms. The van der Waals surface area contributed by atoms with Crippen LogP contribution in [-0.4, -0.2) is 10.1 Å². The number of hydrogen-bond donors (Lipinski definition) is 1. The number of nitrogens with zero attached hydrogens (tertiary/aromatic N) is 2. The molecule has 2 unspecified atom stereocenters. The van der Waals surface area contributed by atoms with Crippen LogP contribution < -0.4 is 10.5 Å². The molecule has 1 aromatic carbocycles. The molecule has 1 aliphatic carbocycles. The van der Waals surface area contributed by atoms with Gasteiger partial charge in [-0.3, -0.25) is 0 Å². The molecule has 0 aliphatic heterocycles. The molecule has 2 atom stereocenters. The minimum absolute atomic E-state index is 0.291. The lowest BCUT2D eigenvalue weighted by atomic mass is 9.82. The van der Waals surface area contributed by atoms with Gasteiger partial charge in [0.25, 0.3) is 5.89 Å². The second-order valence-electron chi connectivity index (χ2n) is 5.87. The number of nitrogens with two attached hydrogens (primary N) is 1. The standard InChI is InChI=1S/C16H21N3O2/c1-11-3-2-4-12(9-11)16-18-15(21-19-16)10-20-14-7-5-13(17)6-8-14/h5-8,11-12H,2-4,9-10,17H2,1H3. The van der Waals surface area contributed by atoms with Gasteiger partial charge in [0.2, 0.25) is 0 Å². The van der Waals surface area contributed by atoms with E-state index in [-0.39, 0.29) is 0 Å². The molecule has 2 N–H and O–H groups in total. The molecule has 2 aromatic rings. The monoisotopic (exact) mass is 287 g/mol. The van der Waals surface area contributed by atoms with E-state index in [0.717, 1.165) is 30.3 Å². The molecule has 0 radical (unpaired) electrons. The third-order valence-corrected chi connectivity index (χ3v) is 4.03. The third kappa shape index (κ3) is 3.54. The molecule has 1 aromatic heterocycles. The number of rotatable bonds is 4. The predicted octanol–water partition coefficient (Wildman–Crippen LogP) is 3.52. The van der Waals surface area contributed by atoms with Gasteiger partial charge in [0.15, 0.2) is 12.4 Å². The van der Waals surface area contributed by atoms with E-state index in [2.05, 4.69) is 17.1 Å². The Balaban J connectivity index is 1.58. The highest BCUT2D eigenvalue weighted by atomic mass is 16.5. The van der Waals surface area contributed by atoms with E-state index in [1.807, 2.05) is 12.1 Å². The molecular formula is C16H21N3O2. The predicted molar refractivity (Wildman–Crippen MR) is 79.9 cm³/mol. The second-order valence-corrected chi connectivity index (χ2v) is 5.87. The van der Waals surface area contributed by atoms with Crippen LogP contribution in [0.3, 0.4) is 0 Å². The summed E-state index contributed by atoms with van der Waals surface area (Å²) < 4.78 is 10.9. The van der Waals surface area contributed by atoms with Gasteiger partial charge in [0, 0.05) is 11.6 Å². The molecule has 1 saturated carbocycles. The highest BCUT2D eigenvalue weighted by Crippen LogP contribution is 2.34. The van der Waals surface area contributed by atoms with Crippen LogP contribution >= 0.6 is 0 Å². The van der Waals surface area contributed by atoms with Crippen LogP contribution in [0.15, 0.2) is 28.8 Å². The number of hydrogen-bond acceptors (Lipinski definition) is 5. The van der Waals surface area contributed by atoms with E-state index >= 15 is 0 Å². The van der Waals surface area contributed by atoms with Gasteiger partial charge in [0.1, 0.15) is 5.75 Å². The fourth-order valence-corrected chi connectivity index (χ4v) is 2.87. The Morgan fingerprint density at radius 3 is 2.86 bits per heavy atom. The molecule has 0 bridgehead atoms. The van der Waals surface area contributed by atoms with E-state index in [1.165, 1.54) is 12.8 Å². The van der Waals surface area contributed by atoms with Crippen LogP contribution in [0.25, 0.3) is 0 Å². The molecule has 3 rings (SSSR count). The lowest BCUT2D eigenvalue weighted by Crippen LogP contribution is -2.13. The zero-order valence-electron chi connectivity index (χ0n) is 12.3. The topological polar surface area (TPSA) is 74.2 Å². The zero-order valence-corrected chi connectivity index (χ0v) is 12.3. The van der Waals surface area contributed by atoms with Crippen molar-refractivity contribution in [2.75, 3.05) is 5.73 Å². The van der Waals surface area contributed by atoms with Crippen molar-refractivity contribution in [3.63, 3.8) is 0 Å². The molecule has 0 saturated heterocycles. The molecule has 5 nitrogen and oxygen atoms in total. The summed E-state index contributed by atoms with van der Waals surface area (Å²) in [6.07, 6.45) is 4.86. The highest BCUT2D eigenvalue weighted by molar-refractivity contribution is 5.41. The van der Waals surface area contributed by atoms with Crippen molar-refractivity contribution < 1.29 is 9.26 Å². The Hall–Kier alpha value is -2.04. The summed E-state index contributed by atoms with van der Waals surface area (Å²) >= 11 is 0. The molecule has 1 aliphatic rings. The average Bonchev–Trinajstić information content (AvgIpc) is 2.96. The quantitative estimate of drug-likeness (QED) is 0.871. The Morgan fingerprint density at radius 1 is 1.29 bits per heavy atom. The highest BCUT2D eigenvalue weighted by Gasteiger charge is 2.24. The van der Waals surface area contributed by atoms with Crippen molar-refractivity contribution in [3.8, 4) is 5.75 Å². The van der Waals surface area contributed by atoms with E-state index in [1.54, 1.807) is 12.1 Å². The summed E-state index contributed by atoms with van der Waals surface area (Å²) in [5.41, 5.74) is 6.35. The van der Waals surface area contributed by atoms with Crippen LogP contribution in [-0.2, 0) is 6.61 Å². The van der Waals surface area contributed by atoms with Gasteiger partial charge in [-0.25, -0.2) is 0 Å². The van der Waals surface area contributed by atoms with Crippen molar-refractivity contribution >= 4 is 5.69 Å². The maximum Gasteiger partial charge on any atom is 0.264 e. The summed E-state index contributed by atoms with van der Waals surface area (Å²) in [5, 5.41) is 4.11. The van der Waals surface area contributed by atoms with E-state index < -0.39 is 0 Å². The zero-order chi connectivity index (χ0) is 14.7. The third-order valence-electron chi connectivity index (χ3n) is 4.03. The average molecular weight is 287 g/mol. The summed E-state index contributed by atoms with van der Waals surface area (Å²) in [6.45, 7) is 2.58. The summed E-state index contributed by atoms with van der Waals surface area (Å²) in [5.74, 6) is 3.28. The Labute approximate surface area is 124 Å². The first-order chi connectivity index (χ1) is 10.2. The molecular weight excluding hydrogens is 266 g/mol. The van der Waals surface area contributed by atoms with Gasteiger partial charge in [-0.2, -0.15) is 4.98 Å². The Kier molecular flexibility index (Phi) is 4.08. The van der Waals surface area contributed by atoms with Crippen LogP contribution in [0, 0.1) is 5.92 Å². The number of benzene rings is 1. The molecule has 21 heavy (non-hydrogen) atoms. The second kappa shape index (κ2) is 6.16. The number of aromatic nitrogens is 2. The van der Waals surface area contributed by atoms with Crippen molar-refractivity contribution in [2.24, 2.45) is 5.92 Å².